The first-order valence-electron chi connectivity index (χ1n) is 11.8. The van der Waals surface area contributed by atoms with Crippen molar-refractivity contribution < 1.29 is 28.3 Å². The maximum Gasteiger partial charge on any atom is 0.408 e. The number of nitrogens with zero attached hydrogens (tertiary/aromatic N) is 1. The first-order chi connectivity index (χ1) is 15.1. The predicted octanol–water partition coefficient (Wildman–Crippen LogP) is 4.15. The molecular weight excluding hydrogens is 440 g/mol. The molecule has 0 aliphatic carbocycles. The highest BCUT2D eigenvalue weighted by Crippen LogP contribution is 2.41. The summed E-state index contributed by atoms with van der Waals surface area (Å²) in [5.41, 5.74) is -0.686. The van der Waals surface area contributed by atoms with Crippen molar-refractivity contribution in [3.05, 3.63) is 12.2 Å². The molecule has 8 nitrogen and oxygen atoms in total. The fourth-order valence-corrected chi connectivity index (χ4v) is 5.40. The fourth-order valence-electron chi connectivity index (χ4n) is 4.04. The maximum absolute atomic E-state index is 13.7. The predicted molar refractivity (Wildman–Crippen MR) is 129 cm³/mol. The minimum absolute atomic E-state index is 0.00952. The van der Waals surface area contributed by atoms with E-state index in [1.807, 2.05) is 12.2 Å². The van der Waals surface area contributed by atoms with Crippen LogP contribution in [0.3, 0.4) is 0 Å². The summed E-state index contributed by atoms with van der Waals surface area (Å²) in [7, 11) is -0.821. The van der Waals surface area contributed by atoms with Gasteiger partial charge in [0.25, 0.3) is 0 Å². The Morgan fingerprint density at radius 1 is 1.12 bits per heavy atom. The Bertz CT molecular complexity index is 768. The van der Waals surface area contributed by atoms with Crippen LogP contribution in [0.1, 0.15) is 67.2 Å². The lowest BCUT2D eigenvalue weighted by atomic mass is 10.1. The summed E-state index contributed by atoms with van der Waals surface area (Å²) in [6.07, 6.45) is 5.13. The van der Waals surface area contributed by atoms with Crippen LogP contribution in [0.2, 0.25) is 18.1 Å². The van der Waals surface area contributed by atoms with Crippen molar-refractivity contribution in [3.8, 4) is 0 Å². The van der Waals surface area contributed by atoms with Crippen LogP contribution in [0.5, 0.6) is 0 Å². The van der Waals surface area contributed by atoms with Crippen molar-refractivity contribution in [2.45, 2.75) is 115 Å². The number of hydrogen-bond acceptors (Lipinski definition) is 6. The lowest BCUT2D eigenvalue weighted by Gasteiger charge is -2.40. The number of alkyl carbamates (subject to hydrolysis) is 1. The molecular formula is C24H42N2O6Si. The SMILES string of the molecule is COC(=O)[C@@H]1C[C@H](O[Si](C)(C)C(C)(C)C)[C@@H]2CC/C=C\C[C@H](NC(=O)OC(C)(C)C)C(=O)N12. The Morgan fingerprint density at radius 2 is 1.76 bits per heavy atom. The monoisotopic (exact) mass is 482 g/mol. The zero-order chi connectivity index (χ0) is 25.2. The molecule has 0 aromatic carbocycles. The summed E-state index contributed by atoms with van der Waals surface area (Å²) in [5.74, 6) is -0.771. The van der Waals surface area contributed by atoms with Gasteiger partial charge in [0, 0.05) is 6.42 Å². The summed E-state index contributed by atoms with van der Waals surface area (Å²) < 4.78 is 17.2. The van der Waals surface area contributed by atoms with E-state index < -0.39 is 38.1 Å². The molecule has 33 heavy (non-hydrogen) atoms. The Morgan fingerprint density at radius 3 is 2.30 bits per heavy atom. The molecule has 2 aliphatic rings. The number of allylic oxidation sites excluding steroid dienone is 1. The van der Waals surface area contributed by atoms with Crippen molar-refractivity contribution in [1.29, 1.82) is 0 Å². The van der Waals surface area contributed by atoms with Crippen LogP contribution in [0, 0.1) is 0 Å². The van der Waals surface area contributed by atoms with E-state index in [0.29, 0.717) is 19.3 Å². The molecule has 2 heterocycles. The van der Waals surface area contributed by atoms with E-state index in [-0.39, 0.29) is 23.1 Å². The standard InChI is InChI=1S/C24H42N2O6Si/c1-23(2,3)31-22(29)25-16-13-11-10-12-14-17-19(32-33(8,9)24(4,5)6)15-18(21(28)30-7)26(17)20(16)27/h10-11,16-19H,12-15H2,1-9H3,(H,25,29)/b11-10-/t16-,17-,18-,19-/m0/s1. The van der Waals surface area contributed by atoms with Gasteiger partial charge in [-0.05, 0) is 58.2 Å². The number of methoxy groups -OCH3 is 1. The second kappa shape index (κ2) is 10.2. The molecule has 188 valence electrons. The zero-order valence-corrected chi connectivity index (χ0v) is 22.7. The number of ether oxygens (including phenoxy) is 2. The van der Waals surface area contributed by atoms with E-state index in [4.69, 9.17) is 13.9 Å². The van der Waals surface area contributed by atoms with Crippen LogP contribution in [0.15, 0.2) is 12.2 Å². The van der Waals surface area contributed by atoms with Gasteiger partial charge in [-0.15, -0.1) is 0 Å². The second-order valence-electron chi connectivity index (χ2n) is 11.5. The quantitative estimate of drug-likeness (QED) is 0.367. The smallest absolute Gasteiger partial charge is 0.408 e. The normalized spacial score (nSPS) is 27.7. The first-order valence-corrected chi connectivity index (χ1v) is 14.7. The molecule has 0 radical (unpaired) electrons. The number of rotatable bonds is 4. The highest BCUT2D eigenvalue weighted by molar-refractivity contribution is 6.74. The number of amides is 2. The Kier molecular flexibility index (Phi) is 8.44. The third-order valence-corrected chi connectivity index (χ3v) is 11.2. The zero-order valence-electron chi connectivity index (χ0n) is 21.7. The third kappa shape index (κ3) is 6.82. The number of carbonyl (C=O) groups excluding carboxylic acids is 3. The molecule has 0 aromatic rings. The molecule has 2 rings (SSSR count). The van der Waals surface area contributed by atoms with Crippen LogP contribution in [-0.2, 0) is 23.5 Å². The largest absolute Gasteiger partial charge is 0.467 e. The average Bonchev–Trinajstić information content (AvgIpc) is 3.02. The van der Waals surface area contributed by atoms with Gasteiger partial charge < -0.3 is 24.1 Å². The van der Waals surface area contributed by atoms with Gasteiger partial charge >= 0.3 is 12.1 Å². The van der Waals surface area contributed by atoms with Gasteiger partial charge in [0.2, 0.25) is 5.91 Å². The van der Waals surface area contributed by atoms with Crippen LogP contribution in [0.25, 0.3) is 0 Å². The maximum atomic E-state index is 13.7. The van der Waals surface area contributed by atoms with Gasteiger partial charge in [-0.25, -0.2) is 9.59 Å². The van der Waals surface area contributed by atoms with Crippen LogP contribution < -0.4 is 5.32 Å². The molecule has 2 amide bonds. The molecule has 2 aliphatic heterocycles. The van der Waals surface area contributed by atoms with E-state index in [9.17, 15) is 14.4 Å². The molecule has 4 atom stereocenters. The van der Waals surface area contributed by atoms with E-state index in [2.05, 4.69) is 39.2 Å². The minimum atomic E-state index is -2.15. The number of nitrogens with one attached hydrogen (secondary N) is 1. The van der Waals surface area contributed by atoms with E-state index in [1.54, 1.807) is 25.7 Å². The van der Waals surface area contributed by atoms with Crippen LogP contribution >= 0.6 is 0 Å². The van der Waals surface area contributed by atoms with E-state index in [0.717, 1.165) is 6.42 Å². The van der Waals surface area contributed by atoms with Crippen molar-refractivity contribution in [1.82, 2.24) is 10.2 Å². The Balaban J connectivity index is 2.38. The molecule has 1 fully saturated rings. The summed E-state index contributed by atoms with van der Waals surface area (Å²) in [6.45, 7) is 16.2. The number of hydrogen-bond donors (Lipinski definition) is 1. The van der Waals surface area contributed by atoms with Crippen LogP contribution in [-0.4, -0.2) is 68.1 Å². The molecule has 0 bridgehead atoms. The summed E-state index contributed by atoms with van der Waals surface area (Å²) in [4.78, 5) is 40.5. The number of carbonyl (C=O) groups is 3. The van der Waals surface area contributed by atoms with Crippen molar-refractivity contribution in [2.75, 3.05) is 7.11 Å². The van der Waals surface area contributed by atoms with E-state index in [1.165, 1.54) is 7.11 Å². The highest BCUT2D eigenvalue weighted by atomic mass is 28.4. The second-order valence-corrected chi connectivity index (χ2v) is 16.2. The van der Waals surface area contributed by atoms with Crippen molar-refractivity contribution >= 4 is 26.3 Å². The van der Waals surface area contributed by atoms with E-state index >= 15 is 0 Å². The molecule has 1 saturated heterocycles. The van der Waals surface area contributed by atoms with Gasteiger partial charge in [-0.3, -0.25) is 4.79 Å². The molecule has 0 unspecified atom stereocenters. The summed E-state index contributed by atoms with van der Waals surface area (Å²) in [5, 5.41) is 2.70. The fraction of sp³-hybridized carbons (Fsp3) is 0.792. The Hall–Kier alpha value is -1.87. The minimum Gasteiger partial charge on any atom is -0.467 e. The number of fused-ring (bicyclic) bond motifs is 1. The van der Waals surface area contributed by atoms with Gasteiger partial charge in [-0.2, -0.15) is 0 Å². The topological polar surface area (TPSA) is 94.2 Å². The Labute approximate surface area is 199 Å². The van der Waals surface area contributed by atoms with Crippen LogP contribution in [0.4, 0.5) is 4.79 Å². The average molecular weight is 483 g/mol. The molecule has 0 aromatic heterocycles. The first kappa shape index (κ1) is 27.4. The summed E-state index contributed by atoms with van der Waals surface area (Å²) in [6, 6.07) is -1.86. The third-order valence-electron chi connectivity index (χ3n) is 6.71. The summed E-state index contributed by atoms with van der Waals surface area (Å²) >= 11 is 0. The molecule has 1 N–H and O–H groups in total. The number of esters is 1. The van der Waals surface area contributed by atoms with Crippen molar-refractivity contribution in [3.63, 3.8) is 0 Å². The lowest BCUT2D eigenvalue weighted by Crippen LogP contribution is -2.55. The van der Waals surface area contributed by atoms with Gasteiger partial charge in [0.15, 0.2) is 8.32 Å². The lowest BCUT2D eigenvalue weighted by molar-refractivity contribution is -0.153. The molecule has 0 saturated carbocycles. The van der Waals surface area contributed by atoms with Crippen molar-refractivity contribution in [2.24, 2.45) is 0 Å². The molecule has 9 heteroatoms. The van der Waals surface area contributed by atoms with Gasteiger partial charge in [0.05, 0.1) is 19.3 Å². The molecule has 0 spiro atoms. The van der Waals surface area contributed by atoms with Gasteiger partial charge in [0.1, 0.15) is 17.7 Å². The van der Waals surface area contributed by atoms with Gasteiger partial charge in [-0.1, -0.05) is 32.9 Å². The highest BCUT2D eigenvalue weighted by Gasteiger charge is 2.52.